The van der Waals surface area contributed by atoms with E-state index in [0.29, 0.717) is 22.1 Å². The minimum atomic E-state index is -0.458. The van der Waals surface area contributed by atoms with E-state index in [9.17, 15) is 14.0 Å². The van der Waals surface area contributed by atoms with Gasteiger partial charge < -0.3 is 10.2 Å². The van der Waals surface area contributed by atoms with Crippen LogP contribution in [0.15, 0.2) is 48.5 Å². The molecule has 0 atom stereocenters. The number of nitrogens with one attached hydrogen (secondary N) is 1. The lowest BCUT2D eigenvalue weighted by atomic mass is 10.2. The molecule has 3 aromatic rings. The van der Waals surface area contributed by atoms with E-state index >= 15 is 0 Å². The molecule has 0 bridgehead atoms. The van der Waals surface area contributed by atoms with Crippen molar-refractivity contribution in [3.05, 3.63) is 70.8 Å². The normalized spacial score (nSPS) is 10.6. The summed E-state index contributed by atoms with van der Waals surface area (Å²) >= 11 is 6.02. The maximum atomic E-state index is 13.1. The van der Waals surface area contributed by atoms with Gasteiger partial charge in [0.15, 0.2) is 5.69 Å². The number of benzene rings is 2. The number of hydrogen-bond acceptors (Lipinski definition) is 4. The quantitative estimate of drug-likeness (QED) is 0.712. The minimum Gasteiger partial charge on any atom is -0.331 e. The highest BCUT2D eigenvalue weighted by atomic mass is 35.5. The molecule has 0 aliphatic heterocycles. The third kappa shape index (κ3) is 4.17. The van der Waals surface area contributed by atoms with Gasteiger partial charge in [-0.05, 0) is 43.3 Å². The predicted molar refractivity (Wildman–Crippen MR) is 103 cm³/mol. The molecule has 1 aromatic heterocycles. The van der Waals surface area contributed by atoms with Crippen LogP contribution >= 0.6 is 11.6 Å². The smallest absolute Gasteiger partial charge is 0.276 e. The van der Waals surface area contributed by atoms with Gasteiger partial charge in [0, 0.05) is 7.05 Å². The van der Waals surface area contributed by atoms with Gasteiger partial charge in [0.2, 0.25) is 5.91 Å². The van der Waals surface area contributed by atoms with Crippen molar-refractivity contribution in [1.82, 2.24) is 19.9 Å². The van der Waals surface area contributed by atoms with Crippen molar-refractivity contribution in [3.8, 4) is 5.69 Å². The van der Waals surface area contributed by atoms with E-state index in [1.54, 1.807) is 31.2 Å². The number of halogens is 2. The number of carbonyl (C=O) groups excluding carboxylic acids is 2. The van der Waals surface area contributed by atoms with Gasteiger partial charge in [0.05, 0.1) is 28.6 Å². The van der Waals surface area contributed by atoms with E-state index in [-0.39, 0.29) is 18.1 Å². The SMILES string of the molecule is Cc1c(C(=O)N(C)CC(=O)Nc2ccccc2Cl)nnn1-c1ccc(F)cc1. The van der Waals surface area contributed by atoms with Crippen LogP contribution in [0, 0.1) is 12.7 Å². The number of anilines is 1. The molecular weight excluding hydrogens is 385 g/mol. The number of likely N-dealkylation sites (N-methyl/N-ethyl adjacent to an activating group) is 1. The monoisotopic (exact) mass is 401 g/mol. The summed E-state index contributed by atoms with van der Waals surface area (Å²) in [6.07, 6.45) is 0. The van der Waals surface area contributed by atoms with Crippen LogP contribution in [0.5, 0.6) is 0 Å². The van der Waals surface area contributed by atoms with Gasteiger partial charge in [0.25, 0.3) is 5.91 Å². The first-order valence-corrected chi connectivity index (χ1v) is 8.72. The second-order valence-electron chi connectivity index (χ2n) is 6.10. The van der Waals surface area contributed by atoms with E-state index in [1.165, 1.54) is 40.9 Å². The van der Waals surface area contributed by atoms with E-state index < -0.39 is 11.8 Å². The van der Waals surface area contributed by atoms with E-state index in [2.05, 4.69) is 15.6 Å². The third-order valence-electron chi connectivity index (χ3n) is 4.04. The van der Waals surface area contributed by atoms with Crippen molar-refractivity contribution in [2.24, 2.45) is 0 Å². The standard InChI is InChI=1S/C19H17ClFN5O2/c1-12-18(23-24-26(12)14-9-7-13(21)8-10-14)19(28)25(2)11-17(27)22-16-6-4-3-5-15(16)20/h3-10H,11H2,1-2H3,(H,22,27). The number of hydrogen-bond donors (Lipinski definition) is 1. The lowest BCUT2D eigenvalue weighted by Crippen LogP contribution is -2.35. The number of carbonyl (C=O) groups is 2. The summed E-state index contributed by atoms with van der Waals surface area (Å²) in [4.78, 5) is 26.1. The Balaban J connectivity index is 1.70. The molecule has 9 heteroatoms. The summed E-state index contributed by atoms with van der Waals surface area (Å²) in [6.45, 7) is 1.49. The maximum absolute atomic E-state index is 13.1. The molecule has 0 unspecified atom stereocenters. The molecule has 0 spiro atoms. The average molecular weight is 402 g/mol. The Hall–Kier alpha value is -3.26. The molecule has 2 amide bonds. The molecule has 28 heavy (non-hydrogen) atoms. The number of rotatable bonds is 5. The predicted octanol–water partition coefficient (Wildman–Crippen LogP) is 3.08. The summed E-state index contributed by atoms with van der Waals surface area (Å²) in [5, 5.41) is 10.9. The Morgan fingerprint density at radius 1 is 1.18 bits per heavy atom. The fourth-order valence-electron chi connectivity index (χ4n) is 2.57. The van der Waals surface area contributed by atoms with Crippen molar-refractivity contribution in [3.63, 3.8) is 0 Å². The zero-order valence-electron chi connectivity index (χ0n) is 15.2. The van der Waals surface area contributed by atoms with Gasteiger partial charge in [-0.1, -0.05) is 28.9 Å². The highest BCUT2D eigenvalue weighted by Gasteiger charge is 2.22. The van der Waals surface area contributed by atoms with Gasteiger partial charge in [-0.25, -0.2) is 9.07 Å². The second-order valence-corrected chi connectivity index (χ2v) is 6.51. The molecule has 0 saturated carbocycles. The summed E-state index contributed by atoms with van der Waals surface area (Å²) in [6, 6.07) is 12.5. The molecule has 0 aliphatic carbocycles. The minimum absolute atomic E-state index is 0.109. The van der Waals surface area contributed by atoms with Crippen molar-refractivity contribution >= 4 is 29.1 Å². The number of para-hydroxylation sites is 1. The van der Waals surface area contributed by atoms with Crippen molar-refractivity contribution in [1.29, 1.82) is 0 Å². The zero-order chi connectivity index (χ0) is 20.3. The Morgan fingerprint density at radius 3 is 2.54 bits per heavy atom. The molecule has 0 saturated heterocycles. The molecule has 1 N–H and O–H groups in total. The van der Waals surface area contributed by atoms with Crippen LogP contribution in [0.1, 0.15) is 16.2 Å². The topological polar surface area (TPSA) is 80.1 Å². The average Bonchev–Trinajstić information content (AvgIpc) is 3.05. The van der Waals surface area contributed by atoms with Gasteiger partial charge in [-0.3, -0.25) is 9.59 Å². The molecule has 3 rings (SSSR count). The molecule has 1 heterocycles. The molecule has 2 aromatic carbocycles. The van der Waals surface area contributed by atoms with Crippen LogP contribution < -0.4 is 5.32 Å². The molecule has 0 radical (unpaired) electrons. The number of aromatic nitrogens is 3. The van der Waals surface area contributed by atoms with Crippen molar-refractivity contribution < 1.29 is 14.0 Å². The Labute approximate surface area is 165 Å². The first-order valence-electron chi connectivity index (χ1n) is 8.35. The maximum Gasteiger partial charge on any atom is 0.276 e. The van der Waals surface area contributed by atoms with Crippen LogP contribution in [-0.2, 0) is 4.79 Å². The Kier molecular flexibility index (Phi) is 5.70. The van der Waals surface area contributed by atoms with Gasteiger partial charge in [0.1, 0.15) is 5.82 Å². The van der Waals surface area contributed by atoms with Gasteiger partial charge in [-0.2, -0.15) is 0 Å². The molecular formula is C19H17ClFN5O2. The van der Waals surface area contributed by atoms with Gasteiger partial charge >= 0.3 is 0 Å². The highest BCUT2D eigenvalue weighted by molar-refractivity contribution is 6.33. The highest BCUT2D eigenvalue weighted by Crippen LogP contribution is 2.20. The molecule has 0 aliphatic rings. The summed E-state index contributed by atoms with van der Waals surface area (Å²) in [5.41, 5.74) is 1.63. The largest absolute Gasteiger partial charge is 0.331 e. The third-order valence-corrected chi connectivity index (χ3v) is 4.37. The van der Waals surface area contributed by atoms with Crippen LogP contribution in [0.4, 0.5) is 10.1 Å². The van der Waals surface area contributed by atoms with Crippen LogP contribution in [0.25, 0.3) is 5.69 Å². The number of nitrogens with zero attached hydrogens (tertiary/aromatic N) is 4. The van der Waals surface area contributed by atoms with Crippen LogP contribution in [-0.4, -0.2) is 45.3 Å². The molecule has 0 fully saturated rings. The van der Waals surface area contributed by atoms with Crippen LogP contribution in [0.3, 0.4) is 0 Å². The van der Waals surface area contributed by atoms with E-state index in [4.69, 9.17) is 11.6 Å². The summed E-state index contributed by atoms with van der Waals surface area (Å²) in [5.74, 6) is -1.23. The van der Waals surface area contributed by atoms with Crippen molar-refractivity contribution in [2.75, 3.05) is 18.9 Å². The van der Waals surface area contributed by atoms with Crippen molar-refractivity contribution in [2.45, 2.75) is 6.92 Å². The lowest BCUT2D eigenvalue weighted by molar-refractivity contribution is -0.116. The Bertz CT molecular complexity index is 1020. The fourth-order valence-corrected chi connectivity index (χ4v) is 2.76. The van der Waals surface area contributed by atoms with E-state index in [0.717, 1.165) is 0 Å². The fraction of sp³-hybridized carbons (Fsp3) is 0.158. The molecule has 144 valence electrons. The first-order chi connectivity index (χ1) is 13.4. The molecule has 7 nitrogen and oxygen atoms in total. The lowest BCUT2D eigenvalue weighted by Gasteiger charge is -2.16. The van der Waals surface area contributed by atoms with Gasteiger partial charge in [-0.15, -0.1) is 5.10 Å². The Morgan fingerprint density at radius 2 is 1.86 bits per heavy atom. The second kappa shape index (κ2) is 8.18. The number of amides is 2. The summed E-state index contributed by atoms with van der Waals surface area (Å²) < 4.78 is 14.5. The summed E-state index contributed by atoms with van der Waals surface area (Å²) in [7, 11) is 1.49. The van der Waals surface area contributed by atoms with Crippen LogP contribution in [0.2, 0.25) is 5.02 Å². The zero-order valence-corrected chi connectivity index (χ0v) is 15.9. The first kappa shape index (κ1) is 19.5. The van der Waals surface area contributed by atoms with E-state index in [1.807, 2.05) is 0 Å².